The van der Waals surface area contributed by atoms with Crippen molar-refractivity contribution in [2.75, 3.05) is 13.6 Å². The van der Waals surface area contributed by atoms with E-state index in [1.165, 1.54) is 44.2 Å². The molecule has 4 heteroatoms. The maximum absolute atomic E-state index is 13.7. The Hall–Kier alpha value is -1.00. The zero-order valence-corrected chi connectivity index (χ0v) is 11.4. The quantitative estimate of drug-likeness (QED) is 0.908. The molecule has 0 aliphatic heterocycles. The van der Waals surface area contributed by atoms with Crippen LogP contribution in [0.3, 0.4) is 0 Å². The maximum Gasteiger partial charge on any atom is 0.130 e. The Morgan fingerprint density at radius 2 is 1.95 bits per heavy atom. The number of nitrogens with two attached hydrogens (primary N) is 1. The minimum Gasteiger partial charge on any atom is -0.323 e. The van der Waals surface area contributed by atoms with Crippen molar-refractivity contribution in [2.24, 2.45) is 5.73 Å². The highest BCUT2D eigenvalue weighted by Crippen LogP contribution is 2.24. The van der Waals surface area contributed by atoms with Gasteiger partial charge in [0.2, 0.25) is 0 Å². The van der Waals surface area contributed by atoms with Crippen LogP contribution >= 0.6 is 0 Å². The minimum atomic E-state index is -0.561. The van der Waals surface area contributed by atoms with Gasteiger partial charge in [0.15, 0.2) is 0 Å². The van der Waals surface area contributed by atoms with Gasteiger partial charge in [-0.3, -0.25) is 0 Å². The third-order valence-corrected chi connectivity index (χ3v) is 4.04. The van der Waals surface area contributed by atoms with Crippen molar-refractivity contribution >= 4 is 0 Å². The summed E-state index contributed by atoms with van der Waals surface area (Å²) >= 11 is 0. The SMILES string of the molecule is CN(CC(N)c1ccc(F)cc1F)C1CCCCC1. The molecule has 0 aromatic heterocycles. The van der Waals surface area contributed by atoms with Crippen molar-refractivity contribution in [3.8, 4) is 0 Å². The van der Waals surface area contributed by atoms with Crippen LogP contribution in [0.4, 0.5) is 8.78 Å². The van der Waals surface area contributed by atoms with Gasteiger partial charge in [0, 0.05) is 30.3 Å². The largest absolute Gasteiger partial charge is 0.323 e. The lowest BCUT2D eigenvalue weighted by Gasteiger charge is -2.33. The van der Waals surface area contributed by atoms with Gasteiger partial charge in [-0.05, 0) is 26.0 Å². The third-order valence-electron chi connectivity index (χ3n) is 4.04. The maximum atomic E-state index is 13.7. The molecule has 2 nitrogen and oxygen atoms in total. The van der Waals surface area contributed by atoms with Crippen LogP contribution in [0.2, 0.25) is 0 Å². The summed E-state index contributed by atoms with van der Waals surface area (Å²) in [4.78, 5) is 2.21. The van der Waals surface area contributed by atoms with Crippen LogP contribution in [0.25, 0.3) is 0 Å². The van der Waals surface area contributed by atoms with Gasteiger partial charge in [0.1, 0.15) is 11.6 Å². The molecule has 1 aliphatic rings. The molecule has 1 aromatic rings. The summed E-state index contributed by atoms with van der Waals surface area (Å²) in [7, 11) is 2.04. The second-order valence-electron chi connectivity index (χ2n) is 5.50. The number of hydrogen-bond donors (Lipinski definition) is 1. The fourth-order valence-electron chi connectivity index (χ4n) is 2.88. The van der Waals surface area contributed by atoms with E-state index >= 15 is 0 Å². The Balaban J connectivity index is 1.97. The molecule has 1 atom stereocenters. The molecule has 0 bridgehead atoms. The standard InChI is InChI=1S/C15H22F2N2/c1-19(12-5-3-2-4-6-12)10-15(18)13-8-7-11(16)9-14(13)17/h7-9,12,15H,2-6,10,18H2,1H3. The predicted molar refractivity (Wildman–Crippen MR) is 72.8 cm³/mol. The lowest BCUT2D eigenvalue weighted by Crippen LogP contribution is -2.38. The Kier molecular flexibility index (Phi) is 4.88. The molecule has 0 spiro atoms. The number of nitrogens with zero attached hydrogens (tertiary/aromatic N) is 1. The van der Waals surface area contributed by atoms with Gasteiger partial charge in [-0.15, -0.1) is 0 Å². The Bertz CT molecular complexity index is 417. The summed E-state index contributed by atoms with van der Waals surface area (Å²) in [6.07, 6.45) is 6.21. The summed E-state index contributed by atoms with van der Waals surface area (Å²) in [5, 5.41) is 0. The first-order valence-electron chi connectivity index (χ1n) is 6.98. The van der Waals surface area contributed by atoms with Crippen LogP contribution in [-0.2, 0) is 0 Å². The van der Waals surface area contributed by atoms with E-state index in [0.29, 0.717) is 18.2 Å². The molecule has 0 radical (unpaired) electrons. The molecule has 0 saturated heterocycles. The second-order valence-corrected chi connectivity index (χ2v) is 5.50. The fourth-order valence-corrected chi connectivity index (χ4v) is 2.88. The highest BCUT2D eigenvalue weighted by atomic mass is 19.1. The van der Waals surface area contributed by atoms with Crippen molar-refractivity contribution in [3.05, 3.63) is 35.4 Å². The van der Waals surface area contributed by atoms with Crippen molar-refractivity contribution < 1.29 is 8.78 Å². The van der Waals surface area contributed by atoms with E-state index in [1.54, 1.807) is 0 Å². The lowest BCUT2D eigenvalue weighted by atomic mass is 9.94. The molecule has 0 amide bonds. The summed E-state index contributed by atoms with van der Waals surface area (Å²) in [6, 6.07) is 3.74. The van der Waals surface area contributed by atoms with Crippen LogP contribution in [0.15, 0.2) is 18.2 Å². The molecular weight excluding hydrogens is 246 g/mol. The van der Waals surface area contributed by atoms with E-state index in [-0.39, 0.29) is 0 Å². The Morgan fingerprint density at radius 1 is 1.26 bits per heavy atom. The Morgan fingerprint density at radius 3 is 2.58 bits per heavy atom. The third kappa shape index (κ3) is 3.74. The summed E-state index contributed by atoms with van der Waals surface area (Å²) in [5.74, 6) is -1.11. The number of benzene rings is 1. The average Bonchev–Trinajstić information content (AvgIpc) is 2.39. The second kappa shape index (κ2) is 6.44. The molecule has 1 fully saturated rings. The fraction of sp³-hybridized carbons (Fsp3) is 0.600. The van der Waals surface area contributed by atoms with Crippen LogP contribution < -0.4 is 5.73 Å². The van der Waals surface area contributed by atoms with Crippen LogP contribution in [-0.4, -0.2) is 24.5 Å². The van der Waals surface area contributed by atoms with Gasteiger partial charge in [-0.25, -0.2) is 8.78 Å². The van der Waals surface area contributed by atoms with Crippen molar-refractivity contribution in [2.45, 2.75) is 44.2 Å². The average molecular weight is 268 g/mol. The van der Waals surface area contributed by atoms with E-state index in [1.807, 2.05) is 7.05 Å². The molecule has 106 valence electrons. The number of halogens is 2. The van der Waals surface area contributed by atoms with Gasteiger partial charge < -0.3 is 10.6 Å². The summed E-state index contributed by atoms with van der Waals surface area (Å²) in [5.41, 5.74) is 6.44. The highest BCUT2D eigenvalue weighted by molar-refractivity contribution is 5.22. The smallest absolute Gasteiger partial charge is 0.130 e. The van der Waals surface area contributed by atoms with E-state index in [0.717, 1.165) is 6.07 Å². The molecule has 1 aliphatic carbocycles. The molecule has 1 saturated carbocycles. The first kappa shape index (κ1) is 14.4. The highest BCUT2D eigenvalue weighted by Gasteiger charge is 2.21. The molecular formula is C15H22F2N2. The minimum absolute atomic E-state index is 0.393. The van der Waals surface area contributed by atoms with Crippen molar-refractivity contribution in [3.63, 3.8) is 0 Å². The van der Waals surface area contributed by atoms with Crippen LogP contribution in [0.5, 0.6) is 0 Å². The lowest BCUT2D eigenvalue weighted by molar-refractivity contribution is 0.181. The van der Waals surface area contributed by atoms with Gasteiger partial charge in [0.25, 0.3) is 0 Å². The molecule has 19 heavy (non-hydrogen) atoms. The van der Waals surface area contributed by atoms with E-state index in [9.17, 15) is 8.78 Å². The number of hydrogen-bond acceptors (Lipinski definition) is 2. The van der Waals surface area contributed by atoms with Crippen molar-refractivity contribution in [1.82, 2.24) is 4.90 Å². The predicted octanol–water partition coefficient (Wildman–Crippen LogP) is 3.23. The molecule has 1 aromatic carbocycles. The van der Waals surface area contributed by atoms with Gasteiger partial charge in [0.05, 0.1) is 0 Å². The molecule has 2 rings (SSSR count). The van der Waals surface area contributed by atoms with Crippen LogP contribution in [0.1, 0.15) is 43.7 Å². The summed E-state index contributed by atoms with van der Waals surface area (Å²) < 4.78 is 26.5. The van der Waals surface area contributed by atoms with E-state index < -0.39 is 17.7 Å². The first-order chi connectivity index (χ1) is 9.08. The number of rotatable bonds is 4. The monoisotopic (exact) mass is 268 g/mol. The topological polar surface area (TPSA) is 29.3 Å². The summed E-state index contributed by atoms with van der Waals surface area (Å²) in [6.45, 7) is 0.604. The number of likely N-dealkylation sites (N-methyl/N-ethyl adjacent to an activating group) is 1. The van der Waals surface area contributed by atoms with Crippen molar-refractivity contribution in [1.29, 1.82) is 0 Å². The van der Waals surface area contributed by atoms with Gasteiger partial charge in [-0.2, -0.15) is 0 Å². The van der Waals surface area contributed by atoms with E-state index in [4.69, 9.17) is 5.73 Å². The normalized spacial score (nSPS) is 18.8. The van der Waals surface area contributed by atoms with Gasteiger partial charge in [-0.1, -0.05) is 25.3 Å². The first-order valence-corrected chi connectivity index (χ1v) is 6.98. The zero-order chi connectivity index (χ0) is 13.8. The molecule has 0 heterocycles. The van der Waals surface area contributed by atoms with Crippen LogP contribution in [0, 0.1) is 11.6 Å². The molecule has 1 unspecified atom stereocenters. The van der Waals surface area contributed by atoms with E-state index in [2.05, 4.69) is 4.90 Å². The van der Waals surface area contributed by atoms with Gasteiger partial charge >= 0.3 is 0 Å². The molecule has 2 N–H and O–H groups in total. The zero-order valence-electron chi connectivity index (χ0n) is 11.4. The Labute approximate surface area is 113 Å².